The van der Waals surface area contributed by atoms with Gasteiger partial charge < -0.3 is 4.74 Å². The number of carbonyl (C=O) groups is 1. The van der Waals surface area contributed by atoms with E-state index >= 15 is 0 Å². The van der Waals surface area contributed by atoms with Crippen molar-refractivity contribution in [1.29, 1.82) is 0 Å². The summed E-state index contributed by atoms with van der Waals surface area (Å²) < 4.78 is 5.49. The van der Waals surface area contributed by atoms with Gasteiger partial charge in [-0.15, -0.1) is 0 Å². The Kier molecular flexibility index (Phi) is 3.95. The van der Waals surface area contributed by atoms with Crippen LogP contribution in [-0.4, -0.2) is 11.6 Å². The summed E-state index contributed by atoms with van der Waals surface area (Å²) in [4.78, 5) is 11.3. The standard InChI is InChI=1S/C13H22O2/c1-5-12(14)15-13(3,4)11-8-6-10(2)7-9-11/h6,11H,5,7-9H2,1-4H3. The lowest BCUT2D eigenvalue weighted by molar-refractivity contribution is -0.161. The highest BCUT2D eigenvalue weighted by molar-refractivity contribution is 5.69. The zero-order valence-electron chi connectivity index (χ0n) is 10.3. The van der Waals surface area contributed by atoms with Crippen molar-refractivity contribution in [2.24, 2.45) is 5.92 Å². The third-order valence-corrected chi connectivity index (χ3v) is 3.29. The number of ether oxygens (including phenoxy) is 1. The molecule has 1 atom stereocenters. The van der Waals surface area contributed by atoms with Crippen molar-refractivity contribution in [3.8, 4) is 0 Å². The molecular formula is C13H22O2. The van der Waals surface area contributed by atoms with Crippen LogP contribution in [0.1, 0.15) is 53.4 Å². The molecule has 0 fully saturated rings. The highest BCUT2D eigenvalue weighted by Crippen LogP contribution is 2.34. The number of hydrogen-bond acceptors (Lipinski definition) is 2. The molecule has 0 spiro atoms. The fourth-order valence-corrected chi connectivity index (χ4v) is 2.05. The predicted octanol–water partition coefficient (Wildman–Crippen LogP) is 3.46. The van der Waals surface area contributed by atoms with Gasteiger partial charge in [0.2, 0.25) is 0 Å². The van der Waals surface area contributed by atoms with Gasteiger partial charge in [0.25, 0.3) is 0 Å². The van der Waals surface area contributed by atoms with Crippen LogP contribution in [0.15, 0.2) is 11.6 Å². The predicted molar refractivity (Wildman–Crippen MR) is 61.6 cm³/mol. The Morgan fingerprint density at radius 1 is 1.60 bits per heavy atom. The third-order valence-electron chi connectivity index (χ3n) is 3.29. The zero-order valence-corrected chi connectivity index (χ0v) is 10.3. The molecule has 86 valence electrons. The number of allylic oxidation sites excluding steroid dienone is 2. The molecule has 15 heavy (non-hydrogen) atoms. The van der Waals surface area contributed by atoms with Gasteiger partial charge in [0, 0.05) is 12.3 Å². The van der Waals surface area contributed by atoms with Crippen LogP contribution >= 0.6 is 0 Å². The highest BCUT2D eigenvalue weighted by atomic mass is 16.6. The molecule has 0 N–H and O–H groups in total. The second-order valence-electron chi connectivity index (χ2n) is 4.95. The number of rotatable bonds is 3. The summed E-state index contributed by atoms with van der Waals surface area (Å²) in [5.41, 5.74) is 1.15. The zero-order chi connectivity index (χ0) is 11.5. The second-order valence-corrected chi connectivity index (χ2v) is 4.95. The van der Waals surface area contributed by atoms with Gasteiger partial charge in [-0.2, -0.15) is 0 Å². The van der Waals surface area contributed by atoms with Crippen LogP contribution < -0.4 is 0 Å². The number of carbonyl (C=O) groups excluding carboxylic acids is 1. The summed E-state index contributed by atoms with van der Waals surface area (Å²) in [6, 6.07) is 0. The molecule has 0 saturated carbocycles. The molecule has 0 amide bonds. The first-order valence-electron chi connectivity index (χ1n) is 5.83. The molecule has 1 rings (SSSR count). The van der Waals surface area contributed by atoms with E-state index in [1.54, 1.807) is 0 Å². The van der Waals surface area contributed by atoms with Gasteiger partial charge in [0.15, 0.2) is 0 Å². The minimum absolute atomic E-state index is 0.0914. The van der Waals surface area contributed by atoms with E-state index in [4.69, 9.17) is 4.74 Å². The first kappa shape index (κ1) is 12.3. The molecule has 0 aromatic heterocycles. The SMILES string of the molecule is CCC(=O)OC(C)(C)C1CC=C(C)CC1. The van der Waals surface area contributed by atoms with Crippen LogP contribution in [0, 0.1) is 5.92 Å². The Bertz CT molecular complexity index is 264. The molecule has 0 aliphatic heterocycles. The summed E-state index contributed by atoms with van der Waals surface area (Å²) in [5.74, 6) is 0.378. The molecule has 1 aliphatic carbocycles. The van der Waals surface area contributed by atoms with Crippen LogP contribution in [-0.2, 0) is 9.53 Å². The van der Waals surface area contributed by atoms with Crippen LogP contribution in [0.4, 0.5) is 0 Å². The molecule has 0 bridgehead atoms. The maximum absolute atomic E-state index is 11.3. The minimum Gasteiger partial charge on any atom is -0.459 e. The molecule has 0 radical (unpaired) electrons. The van der Waals surface area contributed by atoms with Crippen molar-refractivity contribution in [2.45, 2.75) is 59.0 Å². The fourth-order valence-electron chi connectivity index (χ4n) is 2.05. The van der Waals surface area contributed by atoms with Crippen LogP contribution in [0.25, 0.3) is 0 Å². The van der Waals surface area contributed by atoms with E-state index in [0.717, 1.165) is 19.3 Å². The lowest BCUT2D eigenvalue weighted by Gasteiger charge is -2.35. The van der Waals surface area contributed by atoms with Crippen LogP contribution in [0.2, 0.25) is 0 Å². The molecule has 2 heteroatoms. The number of hydrogen-bond donors (Lipinski definition) is 0. The lowest BCUT2D eigenvalue weighted by atomic mass is 9.79. The molecule has 0 heterocycles. The topological polar surface area (TPSA) is 26.3 Å². The van der Waals surface area contributed by atoms with E-state index in [1.807, 2.05) is 20.8 Å². The summed E-state index contributed by atoms with van der Waals surface area (Å²) in [5, 5.41) is 0. The molecular weight excluding hydrogens is 188 g/mol. The summed E-state index contributed by atoms with van der Waals surface area (Å²) in [6.07, 6.45) is 6.04. The third kappa shape index (κ3) is 3.37. The van der Waals surface area contributed by atoms with Gasteiger partial charge in [-0.05, 0) is 40.0 Å². The maximum Gasteiger partial charge on any atom is 0.306 e. The Hall–Kier alpha value is -0.790. The molecule has 0 aromatic carbocycles. The monoisotopic (exact) mass is 210 g/mol. The highest BCUT2D eigenvalue weighted by Gasteiger charge is 2.33. The largest absolute Gasteiger partial charge is 0.459 e. The van der Waals surface area contributed by atoms with Gasteiger partial charge in [-0.3, -0.25) is 4.79 Å². The Labute approximate surface area is 92.7 Å². The quantitative estimate of drug-likeness (QED) is 0.526. The van der Waals surface area contributed by atoms with E-state index < -0.39 is 0 Å². The van der Waals surface area contributed by atoms with Crippen molar-refractivity contribution in [3.05, 3.63) is 11.6 Å². The first-order valence-corrected chi connectivity index (χ1v) is 5.83. The Morgan fingerprint density at radius 3 is 2.73 bits per heavy atom. The summed E-state index contributed by atoms with van der Waals surface area (Å²) >= 11 is 0. The lowest BCUT2D eigenvalue weighted by Crippen LogP contribution is -2.37. The summed E-state index contributed by atoms with van der Waals surface area (Å²) in [7, 11) is 0. The van der Waals surface area contributed by atoms with Crippen molar-refractivity contribution in [1.82, 2.24) is 0 Å². The second kappa shape index (κ2) is 4.82. The van der Waals surface area contributed by atoms with Crippen molar-refractivity contribution >= 4 is 5.97 Å². The fraction of sp³-hybridized carbons (Fsp3) is 0.769. The summed E-state index contributed by atoms with van der Waals surface area (Å²) in [6.45, 7) is 8.06. The molecule has 0 saturated heterocycles. The molecule has 2 nitrogen and oxygen atoms in total. The normalized spacial score (nSPS) is 22.1. The van der Waals surface area contributed by atoms with Gasteiger partial charge in [0.1, 0.15) is 5.60 Å². The number of esters is 1. The van der Waals surface area contributed by atoms with E-state index in [0.29, 0.717) is 12.3 Å². The minimum atomic E-state index is -0.315. The van der Waals surface area contributed by atoms with Crippen LogP contribution in [0.5, 0.6) is 0 Å². The maximum atomic E-state index is 11.3. The van der Waals surface area contributed by atoms with Gasteiger partial charge >= 0.3 is 5.97 Å². The Balaban J connectivity index is 2.58. The smallest absolute Gasteiger partial charge is 0.306 e. The van der Waals surface area contributed by atoms with Crippen molar-refractivity contribution in [3.63, 3.8) is 0 Å². The molecule has 0 aromatic rings. The van der Waals surface area contributed by atoms with Gasteiger partial charge in [0.05, 0.1) is 0 Å². The molecule has 1 aliphatic rings. The van der Waals surface area contributed by atoms with E-state index in [1.165, 1.54) is 5.57 Å². The van der Waals surface area contributed by atoms with Crippen molar-refractivity contribution in [2.75, 3.05) is 0 Å². The average molecular weight is 210 g/mol. The van der Waals surface area contributed by atoms with E-state index in [2.05, 4.69) is 13.0 Å². The van der Waals surface area contributed by atoms with E-state index in [9.17, 15) is 4.79 Å². The van der Waals surface area contributed by atoms with Gasteiger partial charge in [-0.25, -0.2) is 0 Å². The Morgan fingerprint density at radius 2 is 2.27 bits per heavy atom. The van der Waals surface area contributed by atoms with E-state index in [-0.39, 0.29) is 11.6 Å². The first-order chi connectivity index (χ1) is 6.95. The average Bonchev–Trinajstić information content (AvgIpc) is 2.17. The van der Waals surface area contributed by atoms with Crippen LogP contribution in [0.3, 0.4) is 0 Å². The van der Waals surface area contributed by atoms with Gasteiger partial charge in [-0.1, -0.05) is 18.6 Å². The molecule has 1 unspecified atom stereocenters. The van der Waals surface area contributed by atoms with Crippen molar-refractivity contribution < 1.29 is 9.53 Å².